The highest BCUT2D eigenvalue weighted by molar-refractivity contribution is 6.05. The van der Waals surface area contributed by atoms with Gasteiger partial charge in [-0.05, 0) is 53.7 Å². The van der Waals surface area contributed by atoms with Crippen molar-refractivity contribution in [3.8, 4) is 0 Å². The molecule has 3 N–H and O–H groups in total. The Labute approximate surface area is 155 Å². The zero-order valence-corrected chi connectivity index (χ0v) is 16.5. The Hall–Kier alpha value is -1.85. The monoisotopic (exact) mass is 362 g/mol. The molecule has 0 bridgehead atoms. The van der Waals surface area contributed by atoms with E-state index in [1.54, 1.807) is 0 Å². The first kappa shape index (κ1) is 19.5. The van der Waals surface area contributed by atoms with Crippen molar-refractivity contribution in [3.05, 3.63) is 35.7 Å². The van der Waals surface area contributed by atoms with Crippen LogP contribution in [-0.2, 0) is 0 Å². The number of carbonyl (C=O) groups is 1. The van der Waals surface area contributed by atoms with Crippen LogP contribution < -0.4 is 10.6 Å². The molecule has 0 aliphatic carbocycles. The van der Waals surface area contributed by atoms with E-state index in [9.17, 15) is 4.79 Å². The topological polar surface area (TPSA) is 69.8 Å². The molecular formula is C19H27ClN4O. The molecule has 0 spiro atoms. The molecule has 1 aliphatic heterocycles. The zero-order chi connectivity index (χ0) is 17.7. The van der Waals surface area contributed by atoms with Gasteiger partial charge >= 0.3 is 0 Å². The average Bonchev–Trinajstić information content (AvgIpc) is 2.94. The molecule has 0 atom stereocenters. The van der Waals surface area contributed by atoms with Gasteiger partial charge in [-0.3, -0.25) is 10.1 Å². The number of H-pyrrole nitrogens is 1. The number of amides is 1. The minimum atomic E-state index is -0.183. The highest BCUT2D eigenvalue weighted by Gasteiger charge is 2.38. The fraction of sp³-hybridized carbons (Fsp3) is 0.474. The molecule has 0 unspecified atom stereocenters. The Morgan fingerprint density at radius 3 is 2.44 bits per heavy atom. The van der Waals surface area contributed by atoms with Crippen LogP contribution in [0.2, 0.25) is 0 Å². The SMILES string of the molecule is CC(C)NC(=O)c1cccc2[nH]c(C3=CC(C)(C)NC3(C)C)nc12.Cl. The number of carbonyl (C=O) groups excluding carboxylic acids is 1. The molecule has 1 aromatic heterocycles. The molecule has 1 amide bonds. The summed E-state index contributed by atoms with van der Waals surface area (Å²) in [4.78, 5) is 20.6. The summed E-state index contributed by atoms with van der Waals surface area (Å²) in [6.45, 7) is 12.5. The van der Waals surface area contributed by atoms with E-state index >= 15 is 0 Å². The second-order valence-corrected chi connectivity index (χ2v) is 7.95. The number of benzene rings is 1. The van der Waals surface area contributed by atoms with Crippen molar-refractivity contribution in [1.82, 2.24) is 20.6 Å². The molecular weight excluding hydrogens is 336 g/mol. The Bertz CT molecular complexity index is 833. The minimum Gasteiger partial charge on any atom is -0.350 e. The maximum atomic E-state index is 12.4. The second kappa shape index (κ2) is 6.46. The molecule has 1 aromatic carbocycles. The molecule has 0 fully saturated rings. The first-order valence-corrected chi connectivity index (χ1v) is 8.42. The molecule has 1 aliphatic rings. The lowest BCUT2D eigenvalue weighted by molar-refractivity contribution is 0.0944. The molecule has 2 aromatic rings. The Kier molecular flexibility index (Phi) is 5.04. The average molecular weight is 363 g/mol. The fourth-order valence-corrected chi connectivity index (χ4v) is 3.50. The first-order chi connectivity index (χ1) is 11.1. The number of hydrogen-bond acceptors (Lipinski definition) is 3. The van der Waals surface area contributed by atoms with Gasteiger partial charge in [-0.2, -0.15) is 0 Å². The quantitative estimate of drug-likeness (QED) is 0.780. The molecule has 5 nitrogen and oxygen atoms in total. The van der Waals surface area contributed by atoms with Crippen molar-refractivity contribution in [3.63, 3.8) is 0 Å². The van der Waals surface area contributed by atoms with Gasteiger partial charge < -0.3 is 10.3 Å². The molecule has 0 radical (unpaired) electrons. The molecule has 3 rings (SSSR count). The first-order valence-electron chi connectivity index (χ1n) is 8.42. The van der Waals surface area contributed by atoms with Gasteiger partial charge in [0.2, 0.25) is 0 Å². The lowest BCUT2D eigenvalue weighted by Crippen LogP contribution is -2.45. The van der Waals surface area contributed by atoms with E-state index in [0.717, 1.165) is 16.9 Å². The summed E-state index contributed by atoms with van der Waals surface area (Å²) >= 11 is 0. The van der Waals surface area contributed by atoms with Gasteiger partial charge in [0.05, 0.1) is 11.1 Å². The van der Waals surface area contributed by atoms with Gasteiger partial charge in [-0.25, -0.2) is 4.98 Å². The predicted molar refractivity (Wildman–Crippen MR) is 105 cm³/mol. The molecule has 6 heteroatoms. The lowest BCUT2D eigenvalue weighted by Gasteiger charge is -2.27. The standard InChI is InChI=1S/C19H26N4O.ClH/c1-11(2)20-17(24)12-8-7-9-14-15(12)22-16(21-14)13-10-18(3,4)23-19(13,5)6;/h7-11,23H,1-6H3,(H,20,24)(H,21,22);1H. The number of rotatable bonds is 3. The smallest absolute Gasteiger partial charge is 0.253 e. The van der Waals surface area contributed by atoms with Crippen LogP contribution in [0.1, 0.15) is 57.7 Å². The van der Waals surface area contributed by atoms with Crippen LogP contribution in [0.3, 0.4) is 0 Å². The summed E-state index contributed by atoms with van der Waals surface area (Å²) in [5.41, 5.74) is 3.05. The van der Waals surface area contributed by atoms with E-state index in [1.165, 1.54) is 0 Å². The largest absolute Gasteiger partial charge is 0.350 e. The Morgan fingerprint density at radius 1 is 1.20 bits per heavy atom. The second-order valence-electron chi connectivity index (χ2n) is 7.95. The van der Waals surface area contributed by atoms with E-state index in [0.29, 0.717) is 11.1 Å². The summed E-state index contributed by atoms with van der Waals surface area (Å²) in [6.07, 6.45) is 2.21. The van der Waals surface area contributed by atoms with E-state index < -0.39 is 0 Å². The summed E-state index contributed by atoms with van der Waals surface area (Å²) in [5.74, 6) is 0.727. The molecule has 136 valence electrons. The van der Waals surface area contributed by atoms with E-state index in [4.69, 9.17) is 4.98 Å². The molecule has 2 heterocycles. The van der Waals surface area contributed by atoms with Gasteiger partial charge in [-0.1, -0.05) is 12.1 Å². The highest BCUT2D eigenvalue weighted by Crippen LogP contribution is 2.36. The number of aromatic amines is 1. The maximum absolute atomic E-state index is 12.4. The number of fused-ring (bicyclic) bond motifs is 1. The third kappa shape index (κ3) is 3.72. The van der Waals surface area contributed by atoms with Gasteiger partial charge in [0.15, 0.2) is 0 Å². The van der Waals surface area contributed by atoms with E-state index in [2.05, 4.69) is 49.4 Å². The van der Waals surface area contributed by atoms with Gasteiger partial charge in [0, 0.05) is 22.7 Å². The van der Waals surface area contributed by atoms with E-state index in [-0.39, 0.29) is 35.4 Å². The van der Waals surface area contributed by atoms with Crippen LogP contribution in [-0.4, -0.2) is 33.0 Å². The van der Waals surface area contributed by atoms with Crippen LogP contribution >= 0.6 is 12.4 Å². The summed E-state index contributed by atoms with van der Waals surface area (Å²) in [5, 5.41) is 6.53. The third-order valence-electron chi connectivity index (χ3n) is 4.25. The minimum absolute atomic E-state index is 0. The van der Waals surface area contributed by atoms with Crippen LogP contribution in [0, 0.1) is 0 Å². The number of halogens is 1. The number of hydrogen-bond donors (Lipinski definition) is 3. The van der Waals surface area contributed by atoms with Crippen molar-refractivity contribution in [2.45, 2.75) is 58.7 Å². The number of imidazole rings is 1. The summed E-state index contributed by atoms with van der Waals surface area (Å²) in [6, 6.07) is 5.75. The maximum Gasteiger partial charge on any atom is 0.253 e. The van der Waals surface area contributed by atoms with Crippen molar-refractivity contribution < 1.29 is 4.79 Å². The van der Waals surface area contributed by atoms with Crippen molar-refractivity contribution in [1.29, 1.82) is 0 Å². The zero-order valence-electron chi connectivity index (χ0n) is 15.7. The molecule has 25 heavy (non-hydrogen) atoms. The van der Waals surface area contributed by atoms with Gasteiger partial charge in [-0.15, -0.1) is 12.4 Å². The van der Waals surface area contributed by atoms with Gasteiger partial charge in [0.1, 0.15) is 11.3 Å². The van der Waals surface area contributed by atoms with Crippen molar-refractivity contribution in [2.75, 3.05) is 0 Å². The van der Waals surface area contributed by atoms with Crippen LogP contribution in [0.5, 0.6) is 0 Å². The molecule has 0 saturated carbocycles. The molecule has 0 saturated heterocycles. The number of para-hydroxylation sites is 1. The van der Waals surface area contributed by atoms with Crippen molar-refractivity contribution >= 4 is 34.9 Å². The van der Waals surface area contributed by atoms with Gasteiger partial charge in [0.25, 0.3) is 5.91 Å². The lowest BCUT2D eigenvalue weighted by atomic mass is 9.96. The highest BCUT2D eigenvalue weighted by atomic mass is 35.5. The Balaban J connectivity index is 0.00000225. The predicted octanol–water partition coefficient (Wildman–Crippen LogP) is 3.67. The van der Waals surface area contributed by atoms with Crippen LogP contribution in [0.4, 0.5) is 0 Å². The van der Waals surface area contributed by atoms with Crippen LogP contribution in [0.25, 0.3) is 16.6 Å². The number of nitrogens with one attached hydrogen (secondary N) is 3. The Morgan fingerprint density at radius 2 is 1.88 bits per heavy atom. The number of aromatic nitrogens is 2. The fourth-order valence-electron chi connectivity index (χ4n) is 3.50. The number of nitrogens with zero attached hydrogens (tertiary/aromatic N) is 1. The third-order valence-corrected chi connectivity index (χ3v) is 4.25. The summed E-state index contributed by atoms with van der Waals surface area (Å²) in [7, 11) is 0. The summed E-state index contributed by atoms with van der Waals surface area (Å²) < 4.78 is 0. The normalized spacial score (nSPS) is 18.1. The van der Waals surface area contributed by atoms with E-state index in [1.807, 2.05) is 32.0 Å². The van der Waals surface area contributed by atoms with Crippen LogP contribution in [0.15, 0.2) is 24.3 Å². The van der Waals surface area contributed by atoms with Crippen molar-refractivity contribution in [2.24, 2.45) is 0 Å².